The van der Waals surface area contributed by atoms with Crippen molar-refractivity contribution in [3.05, 3.63) is 0 Å². The molecule has 0 spiro atoms. The molecule has 0 aromatic carbocycles. The molecule has 1 atom stereocenters. The zero-order valence-corrected chi connectivity index (χ0v) is 5.58. The number of hydrogen-bond donors (Lipinski definition) is 3. The highest BCUT2D eigenvalue weighted by Crippen LogP contribution is 2.32. The summed E-state index contributed by atoms with van der Waals surface area (Å²) in [4.78, 5) is 9.92. The van der Waals surface area contributed by atoms with E-state index in [4.69, 9.17) is 10.2 Å². The van der Waals surface area contributed by atoms with Crippen molar-refractivity contribution < 1.29 is 15.0 Å². The summed E-state index contributed by atoms with van der Waals surface area (Å²) < 4.78 is 0. The molecule has 4 heteroatoms. The number of carbonyl (C=O) groups is 1. The van der Waals surface area contributed by atoms with Crippen molar-refractivity contribution in [2.75, 3.05) is 6.54 Å². The van der Waals surface area contributed by atoms with Crippen molar-refractivity contribution in [1.82, 2.24) is 5.32 Å². The number of rotatable bonds is 3. The van der Waals surface area contributed by atoms with Gasteiger partial charge in [-0.15, -0.1) is 0 Å². The number of aliphatic hydroxyl groups excluding tert-OH is 1. The van der Waals surface area contributed by atoms with Gasteiger partial charge in [0.2, 0.25) is 0 Å². The molecule has 0 saturated heterocycles. The standard InChI is InChI=1S/C6H11NO3/c8-5(4-1-2-4)3-7-6(9)10/h4-5,7-8H,1-3H2,(H,9,10)/t5-/m0/s1. The summed E-state index contributed by atoms with van der Waals surface area (Å²) in [5.74, 6) is 0.340. The zero-order valence-electron chi connectivity index (χ0n) is 5.58. The minimum Gasteiger partial charge on any atom is -0.465 e. The maximum absolute atomic E-state index is 9.92. The summed E-state index contributed by atoms with van der Waals surface area (Å²) in [5, 5.41) is 19.4. The fourth-order valence-electron chi connectivity index (χ4n) is 0.840. The summed E-state index contributed by atoms with van der Waals surface area (Å²) >= 11 is 0. The maximum atomic E-state index is 9.92. The van der Waals surface area contributed by atoms with Crippen LogP contribution in [0.5, 0.6) is 0 Å². The molecule has 0 unspecified atom stereocenters. The Morgan fingerprint density at radius 1 is 1.70 bits per heavy atom. The van der Waals surface area contributed by atoms with Crippen LogP contribution in [0.2, 0.25) is 0 Å². The summed E-state index contributed by atoms with van der Waals surface area (Å²) in [6, 6.07) is 0. The van der Waals surface area contributed by atoms with Gasteiger partial charge >= 0.3 is 6.09 Å². The molecule has 1 aliphatic carbocycles. The van der Waals surface area contributed by atoms with Gasteiger partial charge in [0.1, 0.15) is 0 Å². The molecular weight excluding hydrogens is 134 g/mol. The van der Waals surface area contributed by atoms with Crippen molar-refractivity contribution in [3.8, 4) is 0 Å². The Morgan fingerprint density at radius 3 is 2.70 bits per heavy atom. The smallest absolute Gasteiger partial charge is 0.404 e. The van der Waals surface area contributed by atoms with E-state index in [1.54, 1.807) is 0 Å². The molecule has 1 saturated carbocycles. The molecule has 3 N–H and O–H groups in total. The first kappa shape index (κ1) is 7.34. The first-order valence-corrected chi connectivity index (χ1v) is 3.35. The molecule has 10 heavy (non-hydrogen) atoms. The first-order valence-electron chi connectivity index (χ1n) is 3.35. The van der Waals surface area contributed by atoms with Crippen LogP contribution in [0.4, 0.5) is 4.79 Å². The first-order chi connectivity index (χ1) is 4.70. The molecule has 0 aliphatic heterocycles. The van der Waals surface area contributed by atoms with Gasteiger partial charge in [0.05, 0.1) is 6.10 Å². The van der Waals surface area contributed by atoms with Crippen molar-refractivity contribution in [2.45, 2.75) is 18.9 Å². The quantitative estimate of drug-likeness (QED) is 0.524. The molecule has 0 aromatic rings. The molecular formula is C6H11NO3. The van der Waals surface area contributed by atoms with Crippen LogP contribution in [0.15, 0.2) is 0 Å². The Labute approximate surface area is 58.9 Å². The van der Waals surface area contributed by atoms with Crippen molar-refractivity contribution in [3.63, 3.8) is 0 Å². The van der Waals surface area contributed by atoms with Gasteiger partial charge in [-0.1, -0.05) is 0 Å². The molecule has 0 heterocycles. The lowest BCUT2D eigenvalue weighted by atomic mass is 10.2. The average molecular weight is 145 g/mol. The number of hydrogen-bond acceptors (Lipinski definition) is 2. The molecule has 1 fully saturated rings. The van der Waals surface area contributed by atoms with E-state index in [1.807, 2.05) is 0 Å². The minimum absolute atomic E-state index is 0.167. The van der Waals surface area contributed by atoms with E-state index in [-0.39, 0.29) is 6.54 Å². The molecule has 4 nitrogen and oxygen atoms in total. The van der Waals surface area contributed by atoms with Crippen LogP contribution in [-0.2, 0) is 0 Å². The Balaban J connectivity index is 2.05. The Bertz CT molecular complexity index is 133. The molecule has 0 bridgehead atoms. The molecule has 58 valence electrons. The summed E-state index contributed by atoms with van der Waals surface area (Å²) in [5.41, 5.74) is 0. The number of carboxylic acid groups (broad SMARTS) is 1. The van der Waals surface area contributed by atoms with E-state index in [0.717, 1.165) is 12.8 Å². The van der Waals surface area contributed by atoms with Crippen LogP contribution in [0.25, 0.3) is 0 Å². The van der Waals surface area contributed by atoms with Gasteiger partial charge in [-0.25, -0.2) is 4.79 Å². The number of amides is 1. The van der Waals surface area contributed by atoms with Crippen molar-refractivity contribution >= 4 is 6.09 Å². The topological polar surface area (TPSA) is 69.6 Å². The normalized spacial score (nSPS) is 20.1. The van der Waals surface area contributed by atoms with Crippen molar-refractivity contribution in [2.24, 2.45) is 5.92 Å². The van der Waals surface area contributed by atoms with Crippen LogP contribution >= 0.6 is 0 Å². The lowest BCUT2D eigenvalue weighted by Crippen LogP contribution is -2.31. The van der Waals surface area contributed by atoms with Gasteiger partial charge in [0.25, 0.3) is 0 Å². The van der Waals surface area contributed by atoms with E-state index in [9.17, 15) is 4.79 Å². The Morgan fingerprint density at radius 2 is 2.30 bits per heavy atom. The summed E-state index contributed by atoms with van der Waals surface area (Å²) in [6.45, 7) is 0.167. The van der Waals surface area contributed by atoms with E-state index >= 15 is 0 Å². The van der Waals surface area contributed by atoms with Gasteiger partial charge in [0, 0.05) is 6.54 Å². The average Bonchev–Trinajstić information content (AvgIpc) is 2.63. The lowest BCUT2D eigenvalue weighted by Gasteiger charge is -2.07. The fourth-order valence-corrected chi connectivity index (χ4v) is 0.840. The van der Waals surface area contributed by atoms with Crippen LogP contribution in [0.3, 0.4) is 0 Å². The van der Waals surface area contributed by atoms with Crippen LogP contribution in [0.1, 0.15) is 12.8 Å². The van der Waals surface area contributed by atoms with Crippen LogP contribution < -0.4 is 5.32 Å². The zero-order chi connectivity index (χ0) is 7.56. The molecule has 1 aliphatic rings. The molecule has 0 aromatic heterocycles. The highest BCUT2D eigenvalue weighted by molar-refractivity contribution is 5.64. The van der Waals surface area contributed by atoms with Gasteiger partial charge in [0.15, 0.2) is 0 Å². The third-order valence-electron chi connectivity index (χ3n) is 1.63. The highest BCUT2D eigenvalue weighted by Gasteiger charge is 2.29. The van der Waals surface area contributed by atoms with E-state index in [0.29, 0.717) is 5.92 Å². The predicted octanol–water partition coefficient (Wildman–Crippen LogP) is 0.0249. The monoisotopic (exact) mass is 145 g/mol. The Kier molecular flexibility index (Phi) is 2.11. The minimum atomic E-state index is -1.07. The lowest BCUT2D eigenvalue weighted by molar-refractivity contribution is 0.140. The summed E-state index contributed by atoms with van der Waals surface area (Å²) in [7, 11) is 0. The van der Waals surface area contributed by atoms with E-state index < -0.39 is 12.2 Å². The molecule has 1 rings (SSSR count). The van der Waals surface area contributed by atoms with E-state index in [2.05, 4.69) is 5.32 Å². The third-order valence-corrected chi connectivity index (χ3v) is 1.63. The molecule has 0 radical (unpaired) electrons. The number of nitrogens with one attached hydrogen (secondary N) is 1. The van der Waals surface area contributed by atoms with Gasteiger partial charge in [-0.05, 0) is 18.8 Å². The van der Waals surface area contributed by atoms with Crippen molar-refractivity contribution in [1.29, 1.82) is 0 Å². The SMILES string of the molecule is O=C(O)NC[C@H](O)C1CC1. The largest absolute Gasteiger partial charge is 0.465 e. The van der Waals surface area contributed by atoms with E-state index in [1.165, 1.54) is 0 Å². The maximum Gasteiger partial charge on any atom is 0.404 e. The van der Waals surface area contributed by atoms with Crippen LogP contribution in [0, 0.1) is 5.92 Å². The predicted molar refractivity (Wildman–Crippen MR) is 34.8 cm³/mol. The third kappa shape index (κ3) is 2.23. The number of aliphatic hydroxyl groups is 1. The fraction of sp³-hybridized carbons (Fsp3) is 0.833. The molecule has 1 amide bonds. The highest BCUT2D eigenvalue weighted by atomic mass is 16.4. The van der Waals surface area contributed by atoms with Gasteiger partial charge < -0.3 is 15.5 Å². The van der Waals surface area contributed by atoms with Gasteiger partial charge in [-0.3, -0.25) is 0 Å². The second-order valence-corrected chi connectivity index (χ2v) is 2.59. The second kappa shape index (κ2) is 2.88. The van der Waals surface area contributed by atoms with Crippen LogP contribution in [-0.4, -0.2) is 29.0 Å². The van der Waals surface area contributed by atoms with Gasteiger partial charge in [-0.2, -0.15) is 0 Å². The Hall–Kier alpha value is -0.770. The second-order valence-electron chi connectivity index (χ2n) is 2.59. The summed E-state index contributed by atoms with van der Waals surface area (Å²) in [6.07, 6.45) is 0.515.